The van der Waals surface area contributed by atoms with E-state index in [4.69, 9.17) is 5.73 Å². The number of nitrogens with one attached hydrogen (secondary N) is 3. The molecule has 29 heavy (non-hydrogen) atoms. The molecule has 10 nitrogen and oxygen atoms in total. The molecule has 0 spiro atoms. The van der Waals surface area contributed by atoms with Gasteiger partial charge in [0.2, 0.25) is 17.7 Å². The normalized spacial score (nSPS) is 16.5. The van der Waals surface area contributed by atoms with Gasteiger partial charge in [0, 0.05) is 0 Å². The lowest BCUT2D eigenvalue weighted by Gasteiger charge is -2.25. The zero-order valence-electron chi connectivity index (χ0n) is 18.1. The second-order valence-corrected chi connectivity index (χ2v) is 8.22. The average molecular weight is 417 g/mol. The van der Waals surface area contributed by atoms with E-state index in [0.29, 0.717) is 6.42 Å². The van der Waals surface area contributed by atoms with Gasteiger partial charge in [-0.05, 0) is 38.5 Å². The van der Waals surface area contributed by atoms with Gasteiger partial charge in [0.05, 0.1) is 6.10 Å². The zero-order chi connectivity index (χ0) is 22.9. The van der Waals surface area contributed by atoms with Crippen LogP contribution in [-0.2, 0) is 19.2 Å². The van der Waals surface area contributed by atoms with Crippen molar-refractivity contribution in [2.24, 2.45) is 17.6 Å². The predicted molar refractivity (Wildman–Crippen MR) is 108 cm³/mol. The number of amides is 3. The van der Waals surface area contributed by atoms with E-state index in [1.54, 1.807) is 0 Å². The highest BCUT2D eigenvalue weighted by Gasteiger charge is 2.30. The minimum Gasteiger partial charge on any atom is -0.480 e. The molecule has 10 heteroatoms. The van der Waals surface area contributed by atoms with Crippen LogP contribution in [0.2, 0.25) is 0 Å². The quantitative estimate of drug-likeness (QED) is 0.245. The lowest BCUT2D eigenvalue weighted by molar-refractivity contribution is -0.143. The van der Waals surface area contributed by atoms with Crippen molar-refractivity contribution in [1.29, 1.82) is 0 Å². The summed E-state index contributed by atoms with van der Waals surface area (Å²) < 4.78 is 0. The van der Waals surface area contributed by atoms with Crippen molar-refractivity contribution < 1.29 is 29.4 Å². The highest BCUT2D eigenvalue weighted by molar-refractivity contribution is 5.93. The molecule has 0 radical (unpaired) electrons. The molecule has 5 atom stereocenters. The maximum absolute atomic E-state index is 12.6. The summed E-state index contributed by atoms with van der Waals surface area (Å²) >= 11 is 0. The molecule has 0 bridgehead atoms. The number of hydrogen-bond acceptors (Lipinski definition) is 6. The van der Waals surface area contributed by atoms with Crippen molar-refractivity contribution >= 4 is 23.7 Å². The molecule has 0 aliphatic carbocycles. The van der Waals surface area contributed by atoms with Gasteiger partial charge in [0.25, 0.3) is 0 Å². The van der Waals surface area contributed by atoms with E-state index in [-0.39, 0.29) is 18.3 Å². The van der Waals surface area contributed by atoms with Crippen molar-refractivity contribution in [3.8, 4) is 0 Å². The number of carboxylic acid groups (broad SMARTS) is 1. The molecule has 3 amide bonds. The largest absolute Gasteiger partial charge is 0.480 e. The summed E-state index contributed by atoms with van der Waals surface area (Å²) in [6.07, 6.45) is -0.536. The molecule has 0 aliphatic heterocycles. The Labute approximate surface area is 172 Å². The van der Waals surface area contributed by atoms with E-state index in [1.807, 2.05) is 27.7 Å². The zero-order valence-corrected chi connectivity index (χ0v) is 18.1. The molecule has 0 rings (SSSR count). The standard InChI is InChI=1S/C19H36N4O6/c1-9(2)7-13(17(26)23-14(19(28)29)8-10(3)4)22-16(25)11(5)21-18(27)15(20)12(6)24/h9-15,24H,7-8,20H2,1-6H3,(H,21,27)(H,22,25)(H,23,26)(H,28,29). The Morgan fingerprint density at radius 1 is 0.759 bits per heavy atom. The number of aliphatic hydroxyl groups is 1. The van der Waals surface area contributed by atoms with Crippen molar-refractivity contribution in [2.45, 2.75) is 84.7 Å². The van der Waals surface area contributed by atoms with Crippen LogP contribution in [0.25, 0.3) is 0 Å². The number of rotatable bonds is 12. The van der Waals surface area contributed by atoms with Crippen LogP contribution in [0.5, 0.6) is 0 Å². The molecule has 0 aromatic rings. The topological polar surface area (TPSA) is 171 Å². The van der Waals surface area contributed by atoms with E-state index in [0.717, 1.165) is 0 Å². The van der Waals surface area contributed by atoms with Gasteiger partial charge in [-0.15, -0.1) is 0 Å². The third kappa shape index (κ3) is 10.2. The lowest BCUT2D eigenvalue weighted by atomic mass is 10.0. The Hall–Kier alpha value is -2.20. The average Bonchev–Trinajstić information content (AvgIpc) is 2.58. The Balaban J connectivity index is 5.13. The first-order valence-corrected chi connectivity index (χ1v) is 9.83. The van der Waals surface area contributed by atoms with Crippen molar-refractivity contribution in [2.75, 3.05) is 0 Å². The number of carbonyl (C=O) groups is 4. The Morgan fingerprint density at radius 3 is 1.62 bits per heavy atom. The summed E-state index contributed by atoms with van der Waals surface area (Å²) in [7, 11) is 0. The summed E-state index contributed by atoms with van der Waals surface area (Å²) in [5.74, 6) is -2.95. The monoisotopic (exact) mass is 416 g/mol. The molecule has 168 valence electrons. The third-order valence-corrected chi connectivity index (χ3v) is 4.24. The minimum atomic E-state index is -1.19. The molecule has 0 aliphatic rings. The summed E-state index contributed by atoms with van der Waals surface area (Å²) in [5.41, 5.74) is 5.53. The number of hydrogen-bond donors (Lipinski definition) is 6. The number of aliphatic hydroxyl groups excluding tert-OH is 1. The molecule has 0 saturated carbocycles. The van der Waals surface area contributed by atoms with Crippen LogP contribution < -0.4 is 21.7 Å². The van der Waals surface area contributed by atoms with Gasteiger partial charge in [-0.25, -0.2) is 4.79 Å². The first-order valence-electron chi connectivity index (χ1n) is 9.83. The number of carbonyl (C=O) groups excluding carboxylic acids is 3. The summed E-state index contributed by atoms with van der Waals surface area (Å²) in [5, 5.41) is 26.1. The van der Waals surface area contributed by atoms with Gasteiger partial charge < -0.3 is 31.9 Å². The third-order valence-electron chi connectivity index (χ3n) is 4.24. The van der Waals surface area contributed by atoms with Crippen LogP contribution in [0.15, 0.2) is 0 Å². The van der Waals surface area contributed by atoms with E-state index in [1.165, 1.54) is 13.8 Å². The second kappa shape index (κ2) is 12.4. The van der Waals surface area contributed by atoms with Crippen LogP contribution in [-0.4, -0.2) is 64.2 Å². The van der Waals surface area contributed by atoms with Crippen LogP contribution in [0.4, 0.5) is 0 Å². The number of aliphatic carboxylic acids is 1. The maximum atomic E-state index is 12.6. The van der Waals surface area contributed by atoms with Gasteiger partial charge in [0.1, 0.15) is 24.2 Å². The van der Waals surface area contributed by atoms with Gasteiger partial charge in [-0.2, -0.15) is 0 Å². The molecule has 0 fully saturated rings. The van der Waals surface area contributed by atoms with Gasteiger partial charge in [-0.3, -0.25) is 14.4 Å². The Bertz CT molecular complexity index is 579. The summed E-state index contributed by atoms with van der Waals surface area (Å²) in [6.45, 7) is 10.2. The molecule has 7 N–H and O–H groups in total. The van der Waals surface area contributed by atoms with E-state index >= 15 is 0 Å². The fraction of sp³-hybridized carbons (Fsp3) is 0.789. The van der Waals surface area contributed by atoms with Crippen LogP contribution in [0, 0.1) is 11.8 Å². The highest BCUT2D eigenvalue weighted by atomic mass is 16.4. The highest BCUT2D eigenvalue weighted by Crippen LogP contribution is 2.09. The SMILES string of the molecule is CC(C)CC(NC(=O)C(CC(C)C)NC(=O)C(C)NC(=O)C(N)C(C)O)C(=O)O. The maximum Gasteiger partial charge on any atom is 0.326 e. The van der Waals surface area contributed by atoms with E-state index in [2.05, 4.69) is 16.0 Å². The number of carboxylic acids is 1. The summed E-state index contributed by atoms with van der Waals surface area (Å²) in [6, 6.07) is -4.20. The minimum absolute atomic E-state index is 0.0491. The molecular formula is C19H36N4O6. The summed E-state index contributed by atoms with van der Waals surface area (Å²) in [4.78, 5) is 48.4. The molecule has 0 heterocycles. The fourth-order valence-electron chi connectivity index (χ4n) is 2.56. The molecule has 0 aromatic heterocycles. The van der Waals surface area contributed by atoms with Gasteiger partial charge in [0.15, 0.2) is 0 Å². The van der Waals surface area contributed by atoms with Crippen LogP contribution in [0.1, 0.15) is 54.4 Å². The van der Waals surface area contributed by atoms with E-state index in [9.17, 15) is 29.4 Å². The Morgan fingerprint density at radius 2 is 1.21 bits per heavy atom. The second-order valence-electron chi connectivity index (χ2n) is 8.22. The van der Waals surface area contributed by atoms with Crippen LogP contribution >= 0.6 is 0 Å². The predicted octanol–water partition coefficient (Wildman–Crippen LogP) is -0.654. The molecular weight excluding hydrogens is 380 g/mol. The number of nitrogens with two attached hydrogens (primary N) is 1. The molecule has 5 unspecified atom stereocenters. The smallest absolute Gasteiger partial charge is 0.326 e. The first kappa shape index (κ1) is 26.8. The first-order chi connectivity index (χ1) is 13.3. The molecule has 0 saturated heterocycles. The van der Waals surface area contributed by atoms with Gasteiger partial charge in [-0.1, -0.05) is 27.7 Å². The fourth-order valence-corrected chi connectivity index (χ4v) is 2.56. The van der Waals surface area contributed by atoms with Crippen LogP contribution in [0.3, 0.4) is 0 Å². The lowest BCUT2D eigenvalue weighted by Crippen LogP contribution is -2.57. The van der Waals surface area contributed by atoms with Gasteiger partial charge >= 0.3 is 5.97 Å². The Kier molecular flexibility index (Phi) is 11.4. The van der Waals surface area contributed by atoms with Crippen molar-refractivity contribution in [1.82, 2.24) is 16.0 Å². The van der Waals surface area contributed by atoms with Crippen molar-refractivity contribution in [3.63, 3.8) is 0 Å². The molecule has 0 aromatic carbocycles. The van der Waals surface area contributed by atoms with E-state index < -0.39 is 54.0 Å². The van der Waals surface area contributed by atoms with Crippen molar-refractivity contribution in [3.05, 3.63) is 0 Å².